The van der Waals surface area contributed by atoms with Gasteiger partial charge in [-0.3, -0.25) is 9.59 Å². The van der Waals surface area contributed by atoms with Gasteiger partial charge < -0.3 is 9.84 Å². The summed E-state index contributed by atoms with van der Waals surface area (Å²) in [6, 6.07) is 5.06. The molecule has 1 N–H and O–H groups in total. The third-order valence-electron chi connectivity index (χ3n) is 2.89. The molecule has 0 aliphatic heterocycles. The Kier molecular flexibility index (Phi) is 2.64. The van der Waals surface area contributed by atoms with Crippen molar-refractivity contribution in [2.75, 3.05) is 7.11 Å². The Morgan fingerprint density at radius 3 is 2.88 bits per heavy atom. The molecule has 1 atom stereocenters. The first-order chi connectivity index (χ1) is 7.65. The highest BCUT2D eigenvalue weighted by atomic mass is 16.5. The number of Topliss-reactive ketones (excluding diaryl/α,β-unsaturated/α-hetero) is 1. The minimum Gasteiger partial charge on any atom is -0.496 e. The van der Waals surface area contributed by atoms with Gasteiger partial charge in [-0.25, -0.2) is 0 Å². The Balaban J connectivity index is 2.61. The van der Waals surface area contributed by atoms with E-state index in [1.54, 1.807) is 18.2 Å². The second-order valence-electron chi connectivity index (χ2n) is 3.77. The van der Waals surface area contributed by atoms with E-state index < -0.39 is 11.9 Å². The number of carbonyl (C=O) groups is 2. The summed E-state index contributed by atoms with van der Waals surface area (Å²) in [5, 5.41) is 9.12. The normalized spacial score (nSPS) is 19.1. The molecule has 1 aromatic rings. The molecule has 0 fully saturated rings. The maximum atomic E-state index is 11.7. The van der Waals surface area contributed by atoms with Gasteiger partial charge in [-0.1, -0.05) is 12.1 Å². The van der Waals surface area contributed by atoms with E-state index >= 15 is 0 Å². The van der Waals surface area contributed by atoms with Crippen LogP contribution in [0.5, 0.6) is 5.75 Å². The van der Waals surface area contributed by atoms with E-state index in [1.807, 2.05) is 0 Å². The summed E-state index contributed by atoms with van der Waals surface area (Å²) < 4.78 is 5.13. The molecule has 0 amide bonds. The van der Waals surface area contributed by atoms with Crippen LogP contribution in [0.1, 0.15) is 34.7 Å². The summed E-state index contributed by atoms with van der Waals surface area (Å²) in [5.74, 6) is -1.06. The molecule has 2 rings (SSSR count). The zero-order valence-corrected chi connectivity index (χ0v) is 8.90. The van der Waals surface area contributed by atoms with Crippen molar-refractivity contribution >= 4 is 11.8 Å². The van der Waals surface area contributed by atoms with E-state index in [4.69, 9.17) is 9.84 Å². The van der Waals surface area contributed by atoms with E-state index in [0.717, 1.165) is 0 Å². The summed E-state index contributed by atoms with van der Waals surface area (Å²) >= 11 is 0. The SMILES string of the molecule is COc1cccc2c1C(C(=O)O)CCC2=O. The van der Waals surface area contributed by atoms with Gasteiger partial charge in [0.15, 0.2) is 5.78 Å². The quantitative estimate of drug-likeness (QED) is 0.825. The number of carbonyl (C=O) groups excluding carboxylic acids is 1. The van der Waals surface area contributed by atoms with Crippen molar-refractivity contribution in [1.29, 1.82) is 0 Å². The zero-order chi connectivity index (χ0) is 11.7. The summed E-state index contributed by atoms with van der Waals surface area (Å²) in [7, 11) is 1.48. The van der Waals surface area contributed by atoms with E-state index in [0.29, 0.717) is 23.3 Å². The van der Waals surface area contributed by atoms with Crippen LogP contribution in [0.15, 0.2) is 18.2 Å². The van der Waals surface area contributed by atoms with Gasteiger partial charge in [0.05, 0.1) is 13.0 Å². The molecule has 1 aliphatic carbocycles. The third-order valence-corrected chi connectivity index (χ3v) is 2.89. The second-order valence-corrected chi connectivity index (χ2v) is 3.77. The molecular formula is C12H12O4. The number of aliphatic carboxylic acids is 1. The minimum atomic E-state index is -0.904. The Morgan fingerprint density at radius 2 is 2.25 bits per heavy atom. The summed E-state index contributed by atoms with van der Waals surface area (Å²) in [5.41, 5.74) is 1.01. The maximum absolute atomic E-state index is 11.7. The van der Waals surface area contributed by atoms with Gasteiger partial charge in [0.2, 0.25) is 0 Å². The molecule has 1 aromatic carbocycles. The number of methoxy groups -OCH3 is 1. The number of rotatable bonds is 2. The van der Waals surface area contributed by atoms with Crippen LogP contribution in [0.4, 0.5) is 0 Å². The summed E-state index contributed by atoms with van der Waals surface area (Å²) in [4.78, 5) is 22.8. The monoisotopic (exact) mass is 220 g/mol. The Labute approximate surface area is 92.8 Å². The fourth-order valence-electron chi connectivity index (χ4n) is 2.13. The molecular weight excluding hydrogens is 208 g/mol. The van der Waals surface area contributed by atoms with E-state index in [1.165, 1.54) is 7.11 Å². The second kappa shape index (κ2) is 3.96. The molecule has 4 nitrogen and oxygen atoms in total. The van der Waals surface area contributed by atoms with Crippen LogP contribution >= 0.6 is 0 Å². The van der Waals surface area contributed by atoms with Gasteiger partial charge in [0.25, 0.3) is 0 Å². The average molecular weight is 220 g/mol. The first-order valence-electron chi connectivity index (χ1n) is 5.08. The molecule has 1 unspecified atom stereocenters. The summed E-state index contributed by atoms with van der Waals surface area (Å²) in [6.07, 6.45) is 0.638. The molecule has 16 heavy (non-hydrogen) atoms. The summed E-state index contributed by atoms with van der Waals surface area (Å²) in [6.45, 7) is 0. The number of carboxylic acid groups (broad SMARTS) is 1. The lowest BCUT2D eigenvalue weighted by molar-refractivity contribution is -0.139. The molecule has 0 spiro atoms. The van der Waals surface area contributed by atoms with Gasteiger partial charge in [-0.05, 0) is 12.5 Å². The number of ether oxygens (including phenoxy) is 1. The fourth-order valence-corrected chi connectivity index (χ4v) is 2.13. The predicted molar refractivity (Wildman–Crippen MR) is 56.9 cm³/mol. The first kappa shape index (κ1) is 10.7. The average Bonchev–Trinajstić information content (AvgIpc) is 2.28. The smallest absolute Gasteiger partial charge is 0.311 e. The number of carboxylic acids is 1. The lowest BCUT2D eigenvalue weighted by Gasteiger charge is -2.23. The highest BCUT2D eigenvalue weighted by Gasteiger charge is 2.32. The molecule has 0 saturated heterocycles. The number of hydrogen-bond donors (Lipinski definition) is 1. The molecule has 1 aliphatic rings. The number of benzene rings is 1. The van der Waals surface area contributed by atoms with Crippen molar-refractivity contribution in [3.63, 3.8) is 0 Å². The van der Waals surface area contributed by atoms with Crippen LogP contribution in [-0.2, 0) is 4.79 Å². The largest absolute Gasteiger partial charge is 0.496 e. The van der Waals surface area contributed by atoms with Crippen molar-refractivity contribution in [3.8, 4) is 5.75 Å². The standard InChI is InChI=1S/C12H12O4/c1-16-10-4-2-3-7-9(13)6-5-8(11(7)10)12(14)15/h2-4,8H,5-6H2,1H3,(H,14,15). The highest BCUT2D eigenvalue weighted by molar-refractivity contribution is 6.01. The van der Waals surface area contributed by atoms with E-state index in [9.17, 15) is 9.59 Å². The van der Waals surface area contributed by atoms with Crippen molar-refractivity contribution in [3.05, 3.63) is 29.3 Å². The van der Waals surface area contributed by atoms with Crippen LogP contribution < -0.4 is 4.74 Å². The van der Waals surface area contributed by atoms with Crippen LogP contribution in [-0.4, -0.2) is 24.0 Å². The van der Waals surface area contributed by atoms with Crippen molar-refractivity contribution < 1.29 is 19.4 Å². The van der Waals surface area contributed by atoms with Crippen LogP contribution in [0.2, 0.25) is 0 Å². The molecule has 0 saturated carbocycles. The lowest BCUT2D eigenvalue weighted by atomic mass is 9.81. The Morgan fingerprint density at radius 1 is 1.50 bits per heavy atom. The predicted octanol–water partition coefficient (Wildman–Crippen LogP) is 1.84. The molecule has 0 radical (unpaired) electrons. The molecule has 4 heteroatoms. The number of ketones is 1. The van der Waals surface area contributed by atoms with Gasteiger partial charge in [0.1, 0.15) is 5.75 Å². The van der Waals surface area contributed by atoms with Gasteiger partial charge in [-0.2, -0.15) is 0 Å². The van der Waals surface area contributed by atoms with Gasteiger partial charge >= 0.3 is 5.97 Å². The van der Waals surface area contributed by atoms with Gasteiger partial charge in [0, 0.05) is 17.5 Å². The highest BCUT2D eigenvalue weighted by Crippen LogP contribution is 2.37. The van der Waals surface area contributed by atoms with Crippen molar-refractivity contribution in [1.82, 2.24) is 0 Å². The maximum Gasteiger partial charge on any atom is 0.311 e. The van der Waals surface area contributed by atoms with E-state index in [2.05, 4.69) is 0 Å². The van der Waals surface area contributed by atoms with Crippen LogP contribution in [0, 0.1) is 0 Å². The topological polar surface area (TPSA) is 63.6 Å². The minimum absolute atomic E-state index is 0.00796. The number of fused-ring (bicyclic) bond motifs is 1. The third kappa shape index (κ3) is 1.56. The Hall–Kier alpha value is -1.84. The Bertz CT molecular complexity index is 450. The number of hydrogen-bond acceptors (Lipinski definition) is 3. The van der Waals surface area contributed by atoms with Crippen molar-refractivity contribution in [2.45, 2.75) is 18.8 Å². The fraction of sp³-hybridized carbons (Fsp3) is 0.333. The molecule has 84 valence electrons. The zero-order valence-electron chi connectivity index (χ0n) is 8.90. The van der Waals surface area contributed by atoms with E-state index in [-0.39, 0.29) is 12.2 Å². The molecule has 0 aromatic heterocycles. The lowest BCUT2D eigenvalue weighted by Crippen LogP contribution is -2.22. The van der Waals surface area contributed by atoms with Gasteiger partial charge in [-0.15, -0.1) is 0 Å². The molecule has 0 heterocycles. The van der Waals surface area contributed by atoms with Crippen LogP contribution in [0.25, 0.3) is 0 Å². The van der Waals surface area contributed by atoms with Crippen molar-refractivity contribution in [2.24, 2.45) is 0 Å². The first-order valence-corrected chi connectivity index (χ1v) is 5.08. The molecule has 0 bridgehead atoms. The van der Waals surface area contributed by atoms with Crippen LogP contribution in [0.3, 0.4) is 0 Å².